The molecular weight excluding hydrogens is 330 g/mol. The first-order valence-electron chi connectivity index (χ1n) is 8.14. The molecule has 128 valence electrons. The maximum Gasteiger partial charge on any atom is 0.274 e. The van der Waals surface area contributed by atoms with Gasteiger partial charge in [-0.3, -0.25) is 4.79 Å². The Bertz CT molecular complexity index is 677. The summed E-state index contributed by atoms with van der Waals surface area (Å²) in [5, 5.41) is 10.6. The van der Waals surface area contributed by atoms with Gasteiger partial charge in [-0.25, -0.2) is 9.97 Å². The number of likely N-dealkylation sites (tertiary alicyclic amines) is 1. The van der Waals surface area contributed by atoms with Crippen LogP contribution in [0.2, 0.25) is 5.02 Å². The number of carbonyl (C=O) groups is 1. The number of nitrogens with zero attached hydrogens (tertiary/aromatic N) is 3. The number of amides is 1. The van der Waals surface area contributed by atoms with Crippen LogP contribution in [0, 0.1) is 0 Å². The monoisotopic (exact) mass is 349 g/mol. The Hall–Kier alpha value is -1.92. The van der Waals surface area contributed by atoms with E-state index in [0.29, 0.717) is 18.7 Å². The van der Waals surface area contributed by atoms with Gasteiger partial charge in [-0.05, 0) is 25.0 Å². The molecule has 3 heterocycles. The van der Waals surface area contributed by atoms with Crippen molar-refractivity contribution in [2.75, 3.05) is 6.54 Å². The molecule has 24 heavy (non-hydrogen) atoms. The minimum absolute atomic E-state index is 0.0777. The van der Waals surface area contributed by atoms with Crippen LogP contribution in [0.3, 0.4) is 0 Å². The molecule has 1 saturated heterocycles. The average molecular weight is 350 g/mol. The topological polar surface area (TPSA) is 79.5 Å². The third kappa shape index (κ3) is 3.76. The predicted octanol–water partition coefficient (Wildman–Crippen LogP) is 3.23. The summed E-state index contributed by atoms with van der Waals surface area (Å²) in [5.74, 6) is 0.313. The first kappa shape index (κ1) is 16.9. The van der Waals surface area contributed by atoms with E-state index in [0.717, 1.165) is 25.7 Å². The summed E-state index contributed by atoms with van der Waals surface area (Å²) >= 11 is 6.08. The van der Waals surface area contributed by atoms with Crippen LogP contribution in [0.5, 0.6) is 0 Å². The highest BCUT2D eigenvalue weighted by molar-refractivity contribution is 6.33. The molecule has 0 aliphatic carbocycles. The number of aromatic nitrogens is 2. The molecule has 0 spiro atoms. The van der Waals surface area contributed by atoms with Crippen LogP contribution in [0.25, 0.3) is 0 Å². The van der Waals surface area contributed by atoms with Crippen molar-refractivity contribution >= 4 is 17.5 Å². The lowest BCUT2D eigenvalue weighted by Crippen LogP contribution is -2.41. The Morgan fingerprint density at radius 1 is 1.46 bits per heavy atom. The summed E-state index contributed by atoms with van der Waals surface area (Å²) in [6.07, 6.45) is 7.84. The minimum atomic E-state index is -0.737. The van der Waals surface area contributed by atoms with E-state index in [9.17, 15) is 9.90 Å². The Morgan fingerprint density at radius 3 is 3.08 bits per heavy atom. The number of aliphatic hydroxyl groups is 1. The first-order chi connectivity index (χ1) is 11.7. The van der Waals surface area contributed by atoms with Crippen LogP contribution in [-0.4, -0.2) is 38.5 Å². The van der Waals surface area contributed by atoms with E-state index in [1.165, 1.54) is 18.8 Å². The fraction of sp³-hybridized carbons (Fsp3) is 0.471. The van der Waals surface area contributed by atoms with E-state index >= 15 is 0 Å². The molecule has 2 aromatic heterocycles. The van der Waals surface area contributed by atoms with Crippen LogP contribution in [0.4, 0.5) is 0 Å². The molecule has 1 aliphatic rings. The lowest BCUT2D eigenvalue weighted by molar-refractivity contribution is 0.0552. The van der Waals surface area contributed by atoms with Crippen molar-refractivity contribution in [2.45, 2.75) is 44.2 Å². The quantitative estimate of drug-likeness (QED) is 0.916. The van der Waals surface area contributed by atoms with Crippen molar-refractivity contribution in [3.05, 3.63) is 47.4 Å². The minimum Gasteiger partial charge on any atom is -0.467 e. The second-order valence-corrected chi connectivity index (χ2v) is 6.40. The van der Waals surface area contributed by atoms with Crippen LogP contribution < -0.4 is 0 Å². The third-order valence-corrected chi connectivity index (χ3v) is 4.65. The van der Waals surface area contributed by atoms with Gasteiger partial charge in [0.25, 0.3) is 5.91 Å². The Labute approximate surface area is 145 Å². The van der Waals surface area contributed by atoms with E-state index in [4.69, 9.17) is 16.0 Å². The van der Waals surface area contributed by atoms with Crippen molar-refractivity contribution in [3.8, 4) is 0 Å². The lowest BCUT2D eigenvalue weighted by atomic mass is 10.0. The highest BCUT2D eigenvalue weighted by Gasteiger charge is 2.30. The van der Waals surface area contributed by atoms with E-state index in [1.807, 2.05) is 0 Å². The molecule has 1 aliphatic heterocycles. The molecule has 7 heteroatoms. The number of rotatable bonds is 4. The molecule has 0 unspecified atom stereocenters. The van der Waals surface area contributed by atoms with Gasteiger partial charge in [0, 0.05) is 25.2 Å². The molecule has 1 amide bonds. The summed E-state index contributed by atoms with van der Waals surface area (Å²) in [5.41, 5.74) is 0.214. The molecule has 2 aromatic rings. The number of hydrogen-bond acceptors (Lipinski definition) is 5. The Morgan fingerprint density at radius 2 is 2.33 bits per heavy atom. The molecule has 1 fully saturated rings. The van der Waals surface area contributed by atoms with Crippen molar-refractivity contribution in [1.29, 1.82) is 0 Å². The second kappa shape index (κ2) is 7.77. The molecule has 3 rings (SSSR count). The number of carbonyl (C=O) groups excluding carboxylic acids is 1. The van der Waals surface area contributed by atoms with Crippen LogP contribution in [0.15, 0.2) is 35.3 Å². The van der Waals surface area contributed by atoms with Crippen molar-refractivity contribution in [2.24, 2.45) is 0 Å². The second-order valence-electron chi connectivity index (χ2n) is 5.99. The smallest absolute Gasteiger partial charge is 0.274 e. The zero-order valence-corrected chi connectivity index (χ0v) is 14.0. The molecule has 0 bridgehead atoms. The molecule has 0 aromatic carbocycles. The SMILES string of the molecule is O=C(c1ncncc1Cl)N1CCCCC[C@@H]1C[C@@H](O)c1ccco1. The van der Waals surface area contributed by atoms with Gasteiger partial charge in [-0.15, -0.1) is 0 Å². The summed E-state index contributed by atoms with van der Waals surface area (Å²) in [6.45, 7) is 0.634. The van der Waals surface area contributed by atoms with Gasteiger partial charge in [0.1, 0.15) is 23.9 Å². The van der Waals surface area contributed by atoms with Gasteiger partial charge in [0.05, 0.1) is 11.3 Å². The molecule has 6 nitrogen and oxygen atoms in total. The summed E-state index contributed by atoms with van der Waals surface area (Å²) in [4.78, 5) is 22.5. The molecular formula is C17H20ClN3O3. The fourth-order valence-corrected chi connectivity index (χ4v) is 3.34. The van der Waals surface area contributed by atoms with Gasteiger partial charge in [-0.1, -0.05) is 24.4 Å². The van der Waals surface area contributed by atoms with Gasteiger partial charge >= 0.3 is 0 Å². The van der Waals surface area contributed by atoms with Crippen LogP contribution in [0.1, 0.15) is 54.5 Å². The summed E-state index contributed by atoms with van der Waals surface area (Å²) in [7, 11) is 0. The number of halogens is 1. The van der Waals surface area contributed by atoms with Gasteiger partial charge in [0.15, 0.2) is 0 Å². The zero-order chi connectivity index (χ0) is 16.9. The van der Waals surface area contributed by atoms with E-state index in [-0.39, 0.29) is 22.7 Å². The van der Waals surface area contributed by atoms with E-state index in [1.54, 1.807) is 17.0 Å². The van der Waals surface area contributed by atoms with Crippen molar-refractivity contribution < 1.29 is 14.3 Å². The van der Waals surface area contributed by atoms with Crippen LogP contribution in [-0.2, 0) is 0 Å². The Balaban J connectivity index is 1.80. The molecule has 1 N–H and O–H groups in total. The maximum atomic E-state index is 12.9. The van der Waals surface area contributed by atoms with Gasteiger partial charge < -0.3 is 14.4 Å². The number of furan rings is 1. The highest BCUT2D eigenvalue weighted by atomic mass is 35.5. The lowest BCUT2D eigenvalue weighted by Gasteiger charge is -2.31. The number of aliphatic hydroxyl groups excluding tert-OH is 1. The largest absolute Gasteiger partial charge is 0.467 e. The summed E-state index contributed by atoms with van der Waals surface area (Å²) in [6, 6.07) is 3.41. The van der Waals surface area contributed by atoms with Gasteiger partial charge in [-0.2, -0.15) is 0 Å². The molecule has 2 atom stereocenters. The van der Waals surface area contributed by atoms with Crippen molar-refractivity contribution in [3.63, 3.8) is 0 Å². The number of hydrogen-bond donors (Lipinski definition) is 1. The molecule has 0 radical (unpaired) electrons. The predicted molar refractivity (Wildman–Crippen MR) is 88.6 cm³/mol. The fourth-order valence-electron chi connectivity index (χ4n) is 3.15. The Kier molecular flexibility index (Phi) is 5.48. The van der Waals surface area contributed by atoms with Gasteiger partial charge in [0.2, 0.25) is 0 Å². The van der Waals surface area contributed by atoms with Crippen molar-refractivity contribution in [1.82, 2.24) is 14.9 Å². The highest BCUT2D eigenvalue weighted by Crippen LogP contribution is 2.28. The average Bonchev–Trinajstić information content (AvgIpc) is 3.03. The standard InChI is InChI=1S/C17H20ClN3O3/c18-13-10-19-11-20-16(13)17(23)21-7-3-1-2-5-12(21)9-14(22)15-6-4-8-24-15/h4,6,8,10-12,14,22H,1-3,5,7,9H2/t12-,14-/m1/s1. The normalized spacial score (nSPS) is 19.8. The van der Waals surface area contributed by atoms with Crippen LogP contribution >= 0.6 is 11.6 Å². The third-order valence-electron chi connectivity index (χ3n) is 4.38. The molecule has 0 saturated carbocycles. The maximum absolute atomic E-state index is 12.9. The first-order valence-corrected chi connectivity index (χ1v) is 8.52. The zero-order valence-electron chi connectivity index (χ0n) is 13.3. The van der Waals surface area contributed by atoms with E-state index < -0.39 is 6.10 Å². The summed E-state index contributed by atoms with van der Waals surface area (Å²) < 4.78 is 5.27. The van der Waals surface area contributed by atoms with E-state index in [2.05, 4.69) is 9.97 Å².